The van der Waals surface area contributed by atoms with Gasteiger partial charge in [0.1, 0.15) is 10.6 Å². The van der Waals surface area contributed by atoms with E-state index in [2.05, 4.69) is 25.1 Å². The average Bonchev–Trinajstić information content (AvgIpc) is 3.27. The number of ether oxygens (including phenoxy) is 1. The zero-order chi connectivity index (χ0) is 26.7. The fourth-order valence-corrected chi connectivity index (χ4v) is 4.85. The number of aromatic nitrogens is 4. The Balaban J connectivity index is 1.80. The summed E-state index contributed by atoms with van der Waals surface area (Å²) in [5.41, 5.74) is 4.34. The van der Waals surface area contributed by atoms with Crippen LogP contribution in [0.25, 0.3) is 11.3 Å². The summed E-state index contributed by atoms with van der Waals surface area (Å²) in [6.45, 7) is 8.01. The van der Waals surface area contributed by atoms with Gasteiger partial charge in [-0.1, -0.05) is 24.3 Å². The Bertz CT molecular complexity index is 1560. The van der Waals surface area contributed by atoms with Gasteiger partial charge < -0.3 is 10.1 Å². The Morgan fingerprint density at radius 1 is 1.05 bits per heavy atom. The highest BCUT2D eigenvalue weighted by Gasteiger charge is 2.21. The molecule has 0 unspecified atom stereocenters. The molecule has 0 aliphatic carbocycles. The molecule has 0 saturated carbocycles. The lowest BCUT2D eigenvalue weighted by Gasteiger charge is -2.15. The van der Waals surface area contributed by atoms with Gasteiger partial charge in [0.15, 0.2) is 0 Å². The van der Waals surface area contributed by atoms with Crippen molar-refractivity contribution in [1.29, 1.82) is 0 Å². The maximum atomic E-state index is 13.0. The van der Waals surface area contributed by atoms with Crippen molar-refractivity contribution in [2.45, 2.75) is 32.6 Å². The highest BCUT2D eigenvalue weighted by molar-refractivity contribution is 7.92. The lowest BCUT2D eigenvalue weighted by Crippen LogP contribution is -2.23. The van der Waals surface area contributed by atoms with Crippen LogP contribution >= 0.6 is 0 Å². The topological polar surface area (TPSA) is 128 Å². The van der Waals surface area contributed by atoms with Gasteiger partial charge in [0.05, 0.1) is 11.9 Å². The molecule has 0 aliphatic heterocycles. The molecule has 0 radical (unpaired) electrons. The van der Waals surface area contributed by atoms with Crippen LogP contribution in [0.5, 0.6) is 11.6 Å². The lowest BCUT2D eigenvalue weighted by molar-refractivity contribution is 0.0955. The number of nitrogens with one attached hydrogen (secondary N) is 2. The average molecular weight is 521 g/mol. The minimum Gasteiger partial charge on any atom is -0.439 e. The molecule has 4 rings (SSSR count). The van der Waals surface area contributed by atoms with Crippen LogP contribution in [-0.2, 0) is 17.1 Å². The van der Waals surface area contributed by atoms with Gasteiger partial charge in [-0.15, -0.1) is 0 Å². The fraction of sp³-hybridized carbons (Fsp3) is 0.231. The summed E-state index contributed by atoms with van der Waals surface area (Å²) in [6.07, 6.45) is 2.62. The summed E-state index contributed by atoms with van der Waals surface area (Å²) in [5.74, 6) is 0.162. The summed E-state index contributed by atoms with van der Waals surface area (Å²) in [6, 6.07) is 12.6. The van der Waals surface area contributed by atoms with Crippen LogP contribution in [-0.4, -0.2) is 40.6 Å². The van der Waals surface area contributed by atoms with Crippen molar-refractivity contribution < 1.29 is 17.9 Å². The third-order valence-corrected chi connectivity index (χ3v) is 7.02. The van der Waals surface area contributed by atoms with Crippen molar-refractivity contribution in [3.8, 4) is 22.9 Å². The van der Waals surface area contributed by atoms with E-state index in [1.54, 1.807) is 38.2 Å². The lowest BCUT2D eigenvalue weighted by atomic mass is 10.00. The number of nitrogens with zero attached hydrogens (tertiary/aromatic N) is 4. The van der Waals surface area contributed by atoms with Crippen LogP contribution in [0, 0.1) is 20.8 Å². The molecule has 2 aromatic heterocycles. The third-order valence-electron chi connectivity index (χ3n) is 5.74. The number of rotatable bonds is 8. The second-order valence-electron chi connectivity index (χ2n) is 8.53. The molecule has 0 bridgehead atoms. The van der Waals surface area contributed by atoms with Crippen LogP contribution in [0.1, 0.15) is 34.0 Å². The van der Waals surface area contributed by atoms with E-state index in [0.29, 0.717) is 29.1 Å². The first-order valence-electron chi connectivity index (χ1n) is 11.6. The van der Waals surface area contributed by atoms with E-state index in [1.807, 2.05) is 39.0 Å². The largest absolute Gasteiger partial charge is 0.439 e. The fourth-order valence-electron chi connectivity index (χ4n) is 3.93. The Kier molecular flexibility index (Phi) is 7.25. The van der Waals surface area contributed by atoms with E-state index >= 15 is 0 Å². The van der Waals surface area contributed by atoms with Gasteiger partial charge in [0.25, 0.3) is 15.9 Å². The van der Waals surface area contributed by atoms with E-state index in [1.165, 1.54) is 17.1 Å². The van der Waals surface area contributed by atoms with Crippen molar-refractivity contribution in [3.05, 3.63) is 77.1 Å². The van der Waals surface area contributed by atoms with Crippen LogP contribution in [0.4, 0.5) is 5.95 Å². The number of hydrogen-bond acceptors (Lipinski definition) is 7. The number of amides is 1. The molecule has 0 spiro atoms. The molecular weight excluding hydrogens is 492 g/mol. The SMILES string of the molecule is CCNC(=O)c1cccc(Oc2cc(-c3c(C)cccc3C)nc(NS(=O)(=O)c3cnn(C)c3)n2)c1C. The third kappa shape index (κ3) is 5.61. The molecule has 11 heteroatoms. The first-order valence-corrected chi connectivity index (χ1v) is 13.1. The molecule has 2 aromatic carbocycles. The smallest absolute Gasteiger partial charge is 0.267 e. The number of carbonyl (C=O) groups excluding carboxylic acids is 1. The molecule has 2 heterocycles. The van der Waals surface area contributed by atoms with Crippen molar-refractivity contribution in [1.82, 2.24) is 25.1 Å². The van der Waals surface area contributed by atoms with E-state index < -0.39 is 10.0 Å². The number of hydrogen-bond donors (Lipinski definition) is 2. The Morgan fingerprint density at radius 3 is 2.41 bits per heavy atom. The summed E-state index contributed by atoms with van der Waals surface area (Å²) in [7, 11) is -2.38. The standard InChI is InChI=1S/C26H28N6O4S/c1-6-27-25(33)20-11-8-12-22(18(20)4)36-23-13-21(24-16(2)9-7-10-17(24)3)29-26(30-23)31-37(34,35)19-14-28-32(5)15-19/h7-15H,6H2,1-5H3,(H,27,33)(H,29,30,31). The van der Waals surface area contributed by atoms with Crippen molar-refractivity contribution >= 4 is 21.9 Å². The van der Waals surface area contributed by atoms with Crippen molar-refractivity contribution in [3.63, 3.8) is 0 Å². The molecule has 4 aromatic rings. The highest BCUT2D eigenvalue weighted by Crippen LogP contribution is 2.32. The summed E-state index contributed by atoms with van der Waals surface area (Å²) in [4.78, 5) is 21.3. The van der Waals surface area contributed by atoms with Crippen molar-refractivity contribution in [2.75, 3.05) is 11.3 Å². The van der Waals surface area contributed by atoms with Crippen LogP contribution in [0.2, 0.25) is 0 Å². The van der Waals surface area contributed by atoms with E-state index in [0.717, 1.165) is 16.7 Å². The number of carbonyl (C=O) groups is 1. The number of sulfonamides is 1. The van der Waals surface area contributed by atoms with Gasteiger partial charge in [0, 0.05) is 42.5 Å². The van der Waals surface area contributed by atoms with Crippen molar-refractivity contribution in [2.24, 2.45) is 7.05 Å². The molecule has 0 saturated heterocycles. The zero-order valence-electron chi connectivity index (χ0n) is 21.2. The van der Waals surface area contributed by atoms with Gasteiger partial charge in [-0.2, -0.15) is 10.1 Å². The predicted molar refractivity (Wildman–Crippen MR) is 140 cm³/mol. The Labute approximate surface area is 215 Å². The number of anilines is 1. The summed E-state index contributed by atoms with van der Waals surface area (Å²) in [5, 5.41) is 6.72. The monoisotopic (exact) mass is 520 g/mol. The second kappa shape index (κ2) is 10.4. The van der Waals surface area contributed by atoms with Gasteiger partial charge in [-0.3, -0.25) is 9.48 Å². The van der Waals surface area contributed by atoms with Gasteiger partial charge >= 0.3 is 0 Å². The van der Waals surface area contributed by atoms with Crippen LogP contribution < -0.4 is 14.8 Å². The van der Waals surface area contributed by atoms with Gasteiger partial charge in [-0.25, -0.2) is 18.1 Å². The van der Waals surface area contributed by atoms with Crippen LogP contribution in [0.3, 0.4) is 0 Å². The van der Waals surface area contributed by atoms with E-state index in [-0.39, 0.29) is 22.6 Å². The maximum Gasteiger partial charge on any atom is 0.267 e. The Hall–Kier alpha value is -4.25. The molecule has 0 atom stereocenters. The zero-order valence-corrected chi connectivity index (χ0v) is 22.0. The predicted octanol–water partition coefficient (Wildman–Crippen LogP) is 4.15. The minimum atomic E-state index is -4.00. The maximum absolute atomic E-state index is 13.0. The molecule has 37 heavy (non-hydrogen) atoms. The molecule has 1 amide bonds. The number of benzene rings is 2. The molecule has 0 fully saturated rings. The molecule has 10 nitrogen and oxygen atoms in total. The highest BCUT2D eigenvalue weighted by atomic mass is 32.2. The quantitative estimate of drug-likeness (QED) is 0.357. The first-order chi connectivity index (χ1) is 17.6. The van der Waals surface area contributed by atoms with Gasteiger partial charge in [0.2, 0.25) is 11.8 Å². The van der Waals surface area contributed by atoms with Gasteiger partial charge in [-0.05, 0) is 51.0 Å². The second-order valence-corrected chi connectivity index (χ2v) is 10.2. The first kappa shape index (κ1) is 25.8. The van der Waals surface area contributed by atoms with E-state index in [4.69, 9.17) is 4.74 Å². The summed E-state index contributed by atoms with van der Waals surface area (Å²) >= 11 is 0. The van der Waals surface area contributed by atoms with E-state index in [9.17, 15) is 13.2 Å². The molecule has 0 aliphatic rings. The number of aryl methyl sites for hydroxylation is 3. The molecule has 192 valence electrons. The molecule has 2 N–H and O–H groups in total. The molecular formula is C26H28N6O4S. The van der Waals surface area contributed by atoms with Crippen LogP contribution in [0.15, 0.2) is 59.8 Å². The Morgan fingerprint density at radius 2 is 1.76 bits per heavy atom. The summed E-state index contributed by atoms with van der Waals surface area (Å²) < 4.78 is 35.9. The minimum absolute atomic E-state index is 0.0241. The normalized spacial score (nSPS) is 11.3.